The maximum Gasteiger partial charge on any atom is 0.303 e. The smallest absolute Gasteiger partial charge is 0.303 e. The molecule has 154 valence electrons. The van der Waals surface area contributed by atoms with Crippen LogP contribution in [-0.2, 0) is 26.7 Å². The molecule has 6 nitrogen and oxygen atoms in total. The summed E-state index contributed by atoms with van der Waals surface area (Å²) >= 11 is 5.98. The summed E-state index contributed by atoms with van der Waals surface area (Å²) in [6, 6.07) is 11.7. The van der Waals surface area contributed by atoms with Crippen molar-refractivity contribution in [2.75, 3.05) is 0 Å². The van der Waals surface area contributed by atoms with Gasteiger partial charge in [-0.25, -0.2) is 17.4 Å². The first-order valence-corrected chi connectivity index (χ1v) is 11.1. The van der Waals surface area contributed by atoms with Crippen LogP contribution in [0.25, 0.3) is 11.0 Å². The number of aromatic nitrogens is 2. The van der Waals surface area contributed by atoms with E-state index in [1.54, 1.807) is 36.4 Å². The van der Waals surface area contributed by atoms with E-state index in [1.807, 2.05) is 26.8 Å². The molecule has 0 aliphatic carbocycles. The van der Waals surface area contributed by atoms with Gasteiger partial charge in [-0.05, 0) is 54.2 Å². The van der Waals surface area contributed by atoms with Crippen LogP contribution >= 0.6 is 11.6 Å². The molecule has 2 aromatic heterocycles. The van der Waals surface area contributed by atoms with Crippen LogP contribution < -0.4 is 0 Å². The predicted molar refractivity (Wildman–Crippen MR) is 113 cm³/mol. The van der Waals surface area contributed by atoms with Gasteiger partial charge in [0.05, 0.1) is 15.9 Å². The largest absolute Gasteiger partial charge is 0.481 e. The van der Waals surface area contributed by atoms with Gasteiger partial charge in [0.2, 0.25) is 0 Å². The highest BCUT2D eigenvalue weighted by Gasteiger charge is 2.25. The Labute approximate surface area is 175 Å². The predicted octanol–water partition coefficient (Wildman–Crippen LogP) is 4.63. The average Bonchev–Trinajstić information content (AvgIpc) is 2.98. The highest BCUT2D eigenvalue weighted by Crippen LogP contribution is 2.29. The number of halogens is 1. The van der Waals surface area contributed by atoms with E-state index < -0.39 is 16.0 Å². The zero-order valence-corrected chi connectivity index (χ0v) is 18.1. The Morgan fingerprint density at radius 3 is 2.55 bits per heavy atom. The first kappa shape index (κ1) is 21.3. The van der Waals surface area contributed by atoms with Crippen molar-refractivity contribution in [1.29, 1.82) is 0 Å². The number of aliphatic carboxylic acids is 1. The molecule has 0 saturated heterocycles. The molecule has 1 N–H and O–H groups in total. The van der Waals surface area contributed by atoms with Gasteiger partial charge in [-0.3, -0.25) is 4.79 Å². The molecule has 0 spiro atoms. The minimum atomic E-state index is -3.91. The maximum atomic E-state index is 13.6. The number of benzene rings is 1. The zero-order chi connectivity index (χ0) is 21.4. The van der Waals surface area contributed by atoms with Gasteiger partial charge in [0, 0.05) is 12.1 Å². The summed E-state index contributed by atoms with van der Waals surface area (Å²) in [5.41, 5.74) is 2.06. The Morgan fingerprint density at radius 2 is 1.90 bits per heavy atom. The lowest BCUT2D eigenvalue weighted by molar-refractivity contribution is -0.137. The van der Waals surface area contributed by atoms with Gasteiger partial charge in [0.1, 0.15) is 5.15 Å². The topological polar surface area (TPSA) is 89.3 Å². The summed E-state index contributed by atoms with van der Waals surface area (Å²) in [6.07, 6.45) is 0.560. The van der Waals surface area contributed by atoms with Crippen molar-refractivity contribution in [3.05, 3.63) is 58.9 Å². The molecular formula is C21H23ClN2O4S. The van der Waals surface area contributed by atoms with Crippen LogP contribution in [-0.4, -0.2) is 28.5 Å². The number of aryl methyl sites for hydroxylation is 1. The van der Waals surface area contributed by atoms with Crippen molar-refractivity contribution in [1.82, 2.24) is 8.96 Å². The number of hydrogen-bond acceptors (Lipinski definition) is 4. The van der Waals surface area contributed by atoms with Gasteiger partial charge in [-0.1, -0.05) is 44.5 Å². The Balaban J connectivity index is 2.17. The summed E-state index contributed by atoms with van der Waals surface area (Å²) in [5, 5.41) is 9.19. The summed E-state index contributed by atoms with van der Waals surface area (Å²) in [6.45, 7) is 6.06. The third-order valence-corrected chi connectivity index (χ3v) is 6.69. The molecule has 0 aliphatic heterocycles. The Kier molecular flexibility index (Phi) is 5.74. The van der Waals surface area contributed by atoms with Crippen LogP contribution in [0.2, 0.25) is 5.15 Å². The fraction of sp³-hybridized carbons (Fsp3) is 0.333. The van der Waals surface area contributed by atoms with Crippen LogP contribution in [0.5, 0.6) is 0 Å². The molecule has 29 heavy (non-hydrogen) atoms. The Hall–Kier alpha value is -2.38. The monoisotopic (exact) mass is 434 g/mol. The lowest BCUT2D eigenvalue weighted by Crippen LogP contribution is -2.18. The molecule has 3 aromatic rings. The van der Waals surface area contributed by atoms with E-state index in [4.69, 9.17) is 16.7 Å². The molecule has 0 saturated carbocycles. The quantitative estimate of drug-likeness (QED) is 0.571. The highest BCUT2D eigenvalue weighted by molar-refractivity contribution is 7.90. The molecule has 0 amide bonds. The van der Waals surface area contributed by atoms with Crippen LogP contribution in [0.15, 0.2) is 47.4 Å². The minimum Gasteiger partial charge on any atom is -0.481 e. The minimum absolute atomic E-state index is 0.0464. The molecule has 0 radical (unpaired) electrons. The molecule has 0 bridgehead atoms. The van der Waals surface area contributed by atoms with E-state index in [-0.39, 0.29) is 21.9 Å². The van der Waals surface area contributed by atoms with Gasteiger partial charge in [0.25, 0.3) is 10.0 Å². The highest BCUT2D eigenvalue weighted by atomic mass is 35.5. The number of carbonyl (C=O) groups is 1. The van der Waals surface area contributed by atoms with Crippen LogP contribution in [0, 0.1) is 0 Å². The molecular weight excluding hydrogens is 412 g/mol. The molecule has 0 fully saturated rings. The van der Waals surface area contributed by atoms with Crippen molar-refractivity contribution >= 4 is 38.6 Å². The second kappa shape index (κ2) is 7.80. The second-order valence-electron chi connectivity index (χ2n) is 7.97. The third-order valence-electron chi connectivity index (χ3n) is 4.71. The van der Waals surface area contributed by atoms with Crippen LogP contribution in [0.3, 0.4) is 0 Å². The van der Waals surface area contributed by atoms with Gasteiger partial charge < -0.3 is 5.11 Å². The zero-order valence-electron chi connectivity index (χ0n) is 16.5. The number of pyridine rings is 1. The first-order valence-electron chi connectivity index (χ1n) is 9.25. The summed E-state index contributed by atoms with van der Waals surface area (Å²) in [5.74, 6) is -0.922. The van der Waals surface area contributed by atoms with E-state index in [0.29, 0.717) is 29.6 Å². The van der Waals surface area contributed by atoms with Crippen molar-refractivity contribution in [2.24, 2.45) is 0 Å². The molecule has 8 heteroatoms. The molecule has 0 aliphatic rings. The average molecular weight is 435 g/mol. The first-order chi connectivity index (χ1) is 13.5. The van der Waals surface area contributed by atoms with Gasteiger partial charge in [-0.15, -0.1) is 0 Å². The van der Waals surface area contributed by atoms with Crippen molar-refractivity contribution in [3.63, 3.8) is 0 Å². The SMILES string of the molecule is CC(C)(C)c1cccc(S(=O)(=O)n2c(CCCC(=O)O)cc3nc(Cl)ccc32)c1. The van der Waals surface area contributed by atoms with E-state index in [1.165, 1.54) is 3.97 Å². The molecule has 2 heterocycles. The van der Waals surface area contributed by atoms with Crippen molar-refractivity contribution < 1.29 is 18.3 Å². The third kappa shape index (κ3) is 4.46. The van der Waals surface area contributed by atoms with Crippen molar-refractivity contribution in [3.8, 4) is 0 Å². The van der Waals surface area contributed by atoms with E-state index in [0.717, 1.165) is 5.56 Å². The molecule has 0 atom stereocenters. The van der Waals surface area contributed by atoms with E-state index in [9.17, 15) is 13.2 Å². The normalized spacial score (nSPS) is 12.4. The fourth-order valence-corrected chi connectivity index (χ4v) is 4.96. The van der Waals surface area contributed by atoms with E-state index in [2.05, 4.69) is 4.98 Å². The van der Waals surface area contributed by atoms with E-state index >= 15 is 0 Å². The summed E-state index contributed by atoms with van der Waals surface area (Å²) < 4.78 is 28.4. The number of carboxylic acids is 1. The molecule has 0 unspecified atom stereocenters. The van der Waals surface area contributed by atoms with Crippen molar-refractivity contribution in [2.45, 2.75) is 50.3 Å². The standard InChI is InChI=1S/C21H23ClN2O4S/c1-21(2,3)14-6-4-8-16(12-14)29(27,28)24-15(7-5-9-20(25)26)13-17-18(24)10-11-19(22)23-17/h4,6,8,10-13H,5,7,9H2,1-3H3,(H,25,26). The maximum absolute atomic E-state index is 13.6. The number of carboxylic acid groups (broad SMARTS) is 1. The summed E-state index contributed by atoms with van der Waals surface area (Å²) in [4.78, 5) is 15.3. The number of hydrogen-bond donors (Lipinski definition) is 1. The van der Waals surface area contributed by atoms with Gasteiger partial charge in [0.15, 0.2) is 0 Å². The Bertz CT molecular complexity index is 1180. The van der Waals surface area contributed by atoms with Crippen LogP contribution in [0.1, 0.15) is 44.9 Å². The lowest BCUT2D eigenvalue weighted by Gasteiger charge is -2.20. The number of rotatable bonds is 6. The molecule has 1 aromatic carbocycles. The summed E-state index contributed by atoms with van der Waals surface area (Å²) in [7, 11) is -3.91. The lowest BCUT2D eigenvalue weighted by atomic mass is 9.87. The van der Waals surface area contributed by atoms with Crippen LogP contribution in [0.4, 0.5) is 0 Å². The fourth-order valence-electron chi connectivity index (χ4n) is 3.20. The second-order valence-corrected chi connectivity index (χ2v) is 10.1. The Morgan fingerprint density at radius 1 is 1.17 bits per heavy atom. The van der Waals surface area contributed by atoms with Gasteiger partial charge >= 0.3 is 5.97 Å². The van der Waals surface area contributed by atoms with Gasteiger partial charge in [-0.2, -0.15) is 0 Å². The number of nitrogens with zero attached hydrogens (tertiary/aromatic N) is 2. The molecule has 3 rings (SSSR count). The number of fused-ring (bicyclic) bond motifs is 1.